The normalized spacial score (nSPS) is 15.1. The largest absolute Gasteiger partial charge is 0.461 e. The van der Waals surface area contributed by atoms with Gasteiger partial charge in [0.15, 0.2) is 0 Å². The molecular weight excluding hydrogens is 214 g/mol. The predicted octanol–water partition coefficient (Wildman–Crippen LogP) is 2.50. The summed E-state index contributed by atoms with van der Waals surface area (Å²) in [5.74, 6) is 1.41. The second kappa shape index (κ2) is 4.24. The summed E-state index contributed by atoms with van der Waals surface area (Å²) in [4.78, 5) is 11.4. The van der Waals surface area contributed by atoms with Gasteiger partial charge in [-0.2, -0.15) is 0 Å². The van der Waals surface area contributed by atoms with Gasteiger partial charge in [0.05, 0.1) is 0 Å². The van der Waals surface area contributed by atoms with E-state index in [0.717, 1.165) is 36.0 Å². The zero-order chi connectivity index (χ0) is 11.7. The number of hydrogen-bond acceptors (Lipinski definition) is 2. The highest BCUT2D eigenvalue weighted by atomic mass is 16.3. The summed E-state index contributed by atoms with van der Waals surface area (Å²) in [6, 6.07) is 9.99. The SMILES string of the molecule is O=C(NCCc1cc2ccccc2o1)C1CC1. The number of rotatable bonds is 4. The van der Waals surface area contributed by atoms with Gasteiger partial charge in [0.1, 0.15) is 11.3 Å². The van der Waals surface area contributed by atoms with Crippen LogP contribution in [-0.4, -0.2) is 12.5 Å². The molecule has 0 atom stereocenters. The molecule has 0 aliphatic heterocycles. The first-order valence-corrected chi connectivity index (χ1v) is 6.08. The number of benzene rings is 1. The molecule has 88 valence electrons. The van der Waals surface area contributed by atoms with Crippen LogP contribution in [0.5, 0.6) is 0 Å². The zero-order valence-corrected chi connectivity index (χ0v) is 9.61. The maximum absolute atomic E-state index is 11.4. The zero-order valence-electron chi connectivity index (χ0n) is 9.61. The van der Waals surface area contributed by atoms with Gasteiger partial charge in [0.25, 0.3) is 0 Å². The molecule has 0 saturated heterocycles. The third-order valence-electron chi connectivity index (χ3n) is 3.10. The fourth-order valence-corrected chi connectivity index (χ4v) is 1.96. The van der Waals surface area contributed by atoms with Gasteiger partial charge >= 0.3 is 0 Å². The minimum absolute atomic E-state index is 0.195. The Kier molecular flexibility index (Phi) is 2.59. The molecule has 3 nitrogen and oxygen atoms in total. The van der Waals surface area contributed by atoms with Crippen molar-refractivity contribution in [3.05, 3.63) is 36.1 Å². The third-order valence-corrected chi connectivity index (χ3v) is 3.10. The Labute approximate surface area is 99.8 Å². The van der Waals surface area contributed by atoms with Crippen molar-refractivity contribution in [2.45, 2.75) is 19.3 Å². The summed E-state index contributed by atoms with van der Waals surface area (Å²) in [5, 5.41) is 4.06. The molecule has 0 bridgehead atoms. The fraction of sp³-hybridized carbons (Fsp3) is 0.357. The Morgan fingerprint density at radius 2 is 2.18 bits per heavy atom. The summed E-state index contributed by atoms with van der Waals surface area (Å²) >= 11 is 0. The molecule has 2 aromatic rings. The lowest BCUT2D eigenvalue weighted by Gasteiger charge is -2.01. The van der Waals surface area contributed by atoms with Crippen LogP contribution in [0.15, 0.2) is 34.7 Å². The molecule has 1 heterocycles. The molecule has 3 rings (SSSR count). The molecule has 1 amide bonds. The Balaban J connectivity index is 1.58. The van der Waals surface area contributed by atoms with Crippen molar-refractivity contribution in [1.82, 2.24) is 5.32 Å². The summed E-state index contributed by atoms with van der Waals surface area (Å²) in [7, 11) is 0. The van der Waals surface area contributed by atoms with E-state index in [1.807, 2.05) is 30.3 Å². The highest BCUT2D eigenvalue weighted by molar-refractivity contribution is 5.81. The second-order valence-corrected chi connectivity index (χ2v) is 4.57. The maximum Gasteiger partial charge on any atom is 0.223 e. The lowest BCUT2D eigenvalue weighted by atomic mass is 10.2. The van der Waals surface area contributed by atoms with E-state index in [1.54, 1.807) is 0 Å². The minimum atomic E-state index is 0.195. The Bertz CT molecular complexity index is 507. The van der Waals surface area contributed by atoms with Crippen LogP contribution in [0.3, 0.4) is 0 Å². The molecule has 0 spiro atoms. The highest BCUT2D eigenvalue weighted by Crippen LogP contribution is 2.28. The van der Waals surface area contributed by atoms with Gasteiger partial charge in [-0.25, -0.2) is 0 Å². The molecule has 3 heteroatoms. The van der Waals surface area contributed by atoms with Crippen LogP contribution in [0.1, 0.15) is 18.6 Å². The number of para-hydroxylation sites is 1. The molecule has 1 aliphatic carbocycles. The third kappa shape index (κ3) is 2.33. The molecule has 1 aromatic carbocycles. The average molecular weight is 229 g/mol. The van der Waals surface area contributed by atoms with Crippen molar-refractivity contribution < 1.29 is 9.21 Å². The fourth-order valence-electron chi connectivity index (χ4n) is 1.96. The lowest BCUT2D eigenvalue weighted by Crippen LogP contribution is -2.26. The van der Waals surface area contributed by atoms with Crippen LogP contribution in [0.25, 0.3) is 11.0 Å². The lowest BCUT2D eigenvalue weighted by molar-refractivity contribution is -0.122. The molecule has 1 aliphatic rings. The smallest absolute Gasteiger partial charge is 0.223 e. The van der Waals surface area contributed by atoms with Crippen molar-refractivity contribution in [2.24, 2.45) is 5.92 Å². The monoisotopic (exact) mass is 229 g/mol. The molecule has 0 radical (unpaired) electrons. The van der Waals surface area contributed by atoms with Gasteiger partial charge in [0, 0.05) is 24.3 Å². The van der Waals surface area contributed by atoms with Crippen LogP contribution < -0.4 is 5.32 Å². The van der Waals surface area contributed by atoms with Crippen molar-refractivity contribution in [1.29, 1.82) is 0 Å². The van der Waals surface area contributed by atoms with Gasteiger partial charge < -0.3 is 9.73 Å². The van der Waals surface area contributed by atoms with E-state index in [9.17, 15) is 4.79 Å². The molecule has 17 heavy (non-hydrogen) atoms. The predicted molar refractivity (Wildman–Crippen MR) is 65.7 cm³/mol. The molecule has 1 saturated carbocycles. The first-order chi connectivity index (χ1) is 8.33. The Morgan fingerprint density at radius 1 is 1.35 bits per heavy atom. The van der Waals surface area contributed by atoms with Crippen molar-refractivity contribution in [3.8, 4) is 0 Å². The van der Waals surface area contributed by atoms with E-state index in [2.05, 4.69) is 5.32 Å². The van der Waals surface area contributed by atoms with Crippen LogP contribution >= 0.6 is 0 Å². The topological polar surface area (TPSA) is 42.2 Å². The van der Waals surface area contributed by atoms with Crippen LogP contribution in [0.4, 0.5) is 0 Å². The van der Waals surface area contributed by atoms with E-state index < -0.39 is 0 Å². The molecule has 1 N–H and O–H groups in total. The van der Waals surface area contributed by atoms with Crippen LogP contribution in [0.2, 0.25) is 0 Å². The van der Waals surface area contributed by atoms with Gasteiger partial charge in [-0.05, 0) is 25.0 Å². The molecule has 1 fully saturated rings. The Hall–Kier alpha value is -1.77. The van der Waals surface area contributed by atoms with Gasteiger partial charge in [-0.1, -0.05) is 18.2 Å². The van der Waals surface area contributed by atoms with E-state index >= 15 is 0 Å². The average Bonchev–Trinajstić information content (AvgIpc) is 3.09. The number of amides is 1. The quantitative estimate of drug-likeness (QED) is 0.875. The van der Waals surface area contributed by atoms with Gasteiger partial charge in [-0.3, -0.25) is 4.79 Å². The number of nitrogens with one attached hydrogen (secondary N) is 1. The number of hydrogen-bond donors (Lipinski definition) is 1. The van der Waals surface area contributed by atoms with Gasteiger partial charge in [-0.15, -0.1) is 0 Å². The van der Waals surface area contributed by atoms with E-state index in [0.29, 0.717) is 6.54 Å². The van der Waals surface area contributed by atoms with E-state index in [4.69, 9.17) is 4.42 Å². The van der Waals surface area contributed by atoms with Crippen molar-refractivity contribution in [3.63, 3.8) is 0 Å². The van der Waals surface area contributed by atoms with Crippen molar-refractivity contribution >= 4 is 16.9 Å². The number of furan rings is 1. The maximum atomic E-state index is 11.4. The number of carbonyl (C=O) groups is 1. The summed E-state index contributed by atoms with van der Waals surface area (Å²) < 4.78 is 5.67. The summed E-state index contributed by atoms with van der Waals surface area (Å²) in [6.45, 7) is 0.662. The van der Waals surface area contributed by atoms with E-state index in [1.165, 1.54) is 0 Å². The first kappa shape index (κ1) is 10.4. The minimum Gasteiger partial charge on any atom is -0.461 e. The first-order valence-electron chi connectivity index (χ1n) is 6.08. The van der Waals surface area contributed by atoms with Crippen LogP contribution in [0, 0.1) is 5.92 Å². The standard InChI is InChI=1S/C14H15NO2/c16-14(10-5-6-10)15-8-7-12-9-11-3-1-2-4-13(11)17-12/h1-4,9-10H,5-8H2,(H,15,16). The Morgan fingerprint density at radius 3 is 2.94 bits per heavy atom. The number of carbonyl (C=O) groups excluding carboxylic acids is 1. The molecule has 0 unspecified atom stereocenters. The summed E-state index contributed by atoms with van der Waals surface area (Å²) in [5.41, 5.74) is 0.913. The highest BCUT2D eigenvalue weighted by Gasteiger charge is 2.29. The van der Waals surface area contributed by atoms with Crippen LogP contribution in [-0.2, 0) is 11.2 Å². The van der Waals surface area contributed by atoms with E-state index in [-0.39, 0.29) is 11.8 Å². The van der Waals surface area contributed by atoms with Crippen molar-refractivity contribution in [2.75, 3.05) is 6.54 Å². The molecule has 1 aromatic heterocycles. The second-order valence-electron chi connectivity index (χ2n) is 4.57. The van der Waals surface area contributed by atoms with Gasteiger partial charge in [0.2, 0.25) is 5.91 Å². The molecular formula is C14H15NO2. The number of fused-ring (bicyclic) bond motifs is 1. The summed E-state index contributed by atoms with van der Waals surface area (Å²) in [6.07, 6.45) is 2.86.